The molecule has 0 unspecified atom stereocenters. The zero-order chi connectivity index (χ0) is 31.1. The zero-order valence-corrected chi connectivity index (χ0v) is 26.6. The van der Waals surface area contributed by atoms with Gasteiger partial charge in [-0.15, -0.1) is 11.3 Å². The van der Waals surface area contributed by atoms with E-state index in [1.807, 2.05) is 11.3 Å². The maximum Gasteiger partial charge on any atom is 0.264 e. The van der Waals surface area contributed by atoms with Crippen molar-refractivity contribution in [2.75, 3.05) is 4.90 Å². The van der Waals surface area contributed by atoms with E-state index in [4.69, 9.17) is 0 Å². The molecule has 0 bridgehead atoms. The van der Waals surface area contributed by atoms with Gasteiger partial charge in [-0.25, -0.2) is 0 Å². The fourth-order valence-electron chi connectivity index (χ4n) is 9.16. The predicted molar refractivity (Wildman–Crippen MR) is 208 cm³/mol. The lowest BCUT2D eigenvalue weighted by atomic mass is 9.36. The van der Waals surface area contributed by atoms with Crippen molar-refractivity contribution in [2.45, 2.75) is 0 Å². The highest BCUT2D eigenvalue weighted by Gasteiger charge is 2.43. The Hall–Kier alpha value is -5.84. The van der Waals surface area contributed by atoms with Gasteiger partial charge in [-0.3, -0.25) is 0 Å². The third kappa shape index (κ3) is 2.96. The number of thiophene rings is 1. The van der Waals surface area contributed by atoms with E-state index in [9.17, 15) is 0 Å². The molecule has 220 valence electrons. The smallest absolute Gasteiger partial charge is 0.264 e. The second-order valence-corrected chi connectivity index (χ2v) is 14.3. The van der Waals surface area contributed by atoms with Crippen LogP contribution in [0.15, 0.2) is 152 Å². The number of benzene rings is 8. The third-order valence-corrected chi connectivity index (χ3v) is 12.2. The molecule has 2 nitrogen and oxygen atoms in total. The van der Waals surface area contributed by atoms with Crippen molar-refractivity contribution in [3.63, 3.8) is 0 Å². The molecule has 0 amide bonds. The van der Waals surface area contributed by atoms with Gasteiger partial charge in [0.05, 0.1) is 11.2 Å². The minimum atomic E-state index is 0.146. The Bertz CT molecular complexity index is 2990. The van der Waals surface area contributed by atoms with Crippen molar-refractivity contribution >= 4 is 115 Å². The molecule has 0 fully saturated rings. The van der Waals surface area contributed by atoms with Crippen LogP contribution in [0.25, 0.3) is 69.9 Å². The van der Waals surface area contributed by atoms with Gasteiger partial charge in [0.2, 0.25) is 0 Å². The van der Waals surface area contributed by atoms with Gasteiger partial charge >= 0.3 is 0 Å². The average molecular weight is 625 g/mol. The van der Waals surface area contributed by atoms with Gasteiger partial charge in [0.25, 0.3) is 6.71 Å². The number of aromatic nitrogens is 1. The van der Waals surface area contributed by atoms with Crippen LogP contribution in [0.5, 0.6) is 0 Å². The molecule has 4 heterocycles. The van der Waals surface area contributed by atoms with E-state index < -0.39 is 0 Å². The normalized spacial score (nSPS) is 13.3. The van der Waals surface area contributed by atoms with Gasteiger partial charge < -0.3 is 9.47 Å². The van der Waals surface area contributed by atoms with E-state index in [2.05, 4.69) is 161 Å². The first-order valence-electron chi connectivity index (χ1n) is 16.7. The molecule has 2 aliphatic rings. The van der Waals surface area contributed by atoms with Crippen LogP contribution in [-0.4, -0.2) is 11.3 Å². The molecular formula is C44H25BN2S. The molecule has 2 aliphatic heterocycles. The summed E-state index contributed by atoms with van der Waals surface area (Å²) in [6, 6.07) is 56.5. The molecule has 0 atom stereocenters. The first kappa shape index (κ1) is 25.3. The summed E-state index contributed by atoms with van der Waals surface area (Å²) >= 11 is 1.96. The molecule has 10 aromatic rings. The van der Waals surface area contributed by atoms with Gasteiger partial charge in [-0.05, 0) is 74.3 Å². The SMILES string of the molecule is c1ccc(N2c3cccc4c3B(c3sc5ccccc5c32)c2cccc3c5c6c7ccccc7c7ccccc7c6ccc5n-4c23)cc1. The molecule has 0 spiro atoms. The standard InChI is InChI=1S/C44H25BN2S/c1-2-12-26(13-3-1)46-36-21-11-22-37-41(36)45(44-43(46)32-18-8-9-23-38(32)48-44)34-20-10-19-33-40-35(47(37)42(33)34)25-24-31-29-16-5-4-14-27(29)28-15-6-7-17-30(28)39(31)40/h1-25H. The van der Waals surface area contributed by atoms with Crippen LogP contribution in [0, 0.1) is 0 Å². The van der Waals surface area contributed by atoms with Crippen LogP contribution in [0.1, 0.15) is 0 Å². The molecule has 4 heteroatoms. The van der Waals surface area contributed by atoms with Gasteiger partial charge in [0.15, 0.2) is 0 Å². The van der Waals surface area contributed by atoms with Crippen molar-refractivity contribution in [2.24, 2.45) is 0 Å². The summed E-state index contributed by atoms with van der Waals surface area (Å²) in [6.07, 6.45) is 0. The highest BCUT2D eigenvalue weighted by Crippen LogP contribution is 2.47. The molecular weight excluding hydrogens is 599 g/mol. The molecule has 0 aliphatic carbocycles. The molecule has 0 saturated carbocycles. The lowest BCUT2D eigenvalue weighted by molar-refractivity contribution is 1.18. The lowest BCUT2D eigenvalue weighted by Crippen LogP contribution is -2.59. The monoisotopic (exact) mass is 624 g/mol. The number of rotatable bonds is 1. The van der Waals surface area contributed by atoms with E-state index in [0.717, 1.165) is 0 Å². The lowest BCUT2D eigenvalue weighted by Gasteiger charge is -2.38. The number of fused-ring (bicyclic) bond motifs is 16. The summed E-state index contributed by atoms with van der Waals surface area (Å²) in [5.41, 5.74) is 10.4. The Morgan fingerprint density at radius 2 is 1.08 bits per heavy atom. The van der Waals surface area contributed by atoms with E-state index in [1.165, 1.54) is 103 Å². The van der Waals surface area contributed by atoms with Gasteiger partial charge in [-0.2, -0.15) is 0 Å². The number of hydrogen-bond acceptors (Lipinski definition) is 2. The highest BCUT2D eigenvalue weighted by atomic mass is 32.1. The summed E-state index contributed by atoms with van der Waals surface area (Å²) in [7, 11) is 0. The minimum Gasteiger partial charge on any atom is -0.310 e. The molecule has 0 radical (unpaired) electrons. The molecule has 8 aromatic carbocycles. The van der Waals surface area contributed by atoms with Crippen molar-refractivity contribution in [3.8, 4) is 5.69 Å². The van der Waals surface area contributed by atoms with Crippen molar-refractivity contribution in [1.29, 1.82) is 0 Å². The summed E-state index contributed by atoms with van der Waals surface area (Å²) in [4.78, 5) is 2.52. The van der Waals surface area contributed by atoms with Crippen molar-refractivity contribution in [3.05, 3.63) is 152 Å². The van der Waals surface area contributed by atoms with Crippen LogP contribution in [0.2, 0.25) is 0 Å². The molecule has 48 heavy (non-hydrogen) atoms. The van der Waals surface area contributed by atoms with Gasteiger partial charge in [0, 0.05) is 53.6 Å². The zero-order valence-electron chi connectivity index (χ0n) is 25.8. The van der Waals surface area contributed by atoms with Crippen LogP contribution < -0.4 is 20.6 Å². The molecule has 2 aromatic heterocycles. The first-order valence-corrected chi connectivity index (χ1v) is 17.5. The Morgan fingerprint density at radius 1 is 0.458 bits per heavy atom. The van der Waals surface area contributed by atoms with Gasteiger partial charge in [-0.1, -0.05) is 115 Å². The summed E-state index contributed by atoms with van der Waals surface area (Å²) in [5.74, 6) is 0. The van der Waals surface area contributed by atoms with Crippen LogP contribution in [0.4, 0.5) is 17.1 Å². The molecule has 0 saturated heterocycles. The number of anilines is 3. The number of nitrogens with zero attached hydrogens (tertiary/aromatic N) is 2. The summed E-state index contributed by atoms with van der Waals surface area (Å²) in [6.45, 7) is 0.146. The fraction of sp³-hybridized carbons (Fsp3) is 0. The van der Waals surface area contributed by atoms with Crippen LogP contribution in [-0.2, 0) is 0 Å². The summed E-state index contributed by atoms with van der Waals surface area (Å²) in [5, 5.41) is 11.9. The van der Waals surface area contributed by atoms with Crippen molar-refractivity contribution < 1.29 is 0 Å². The Balaban J connectivity index is 1.29. The second kappa shape index (κ2) is 8.94. The number of para-hydroxylation sites is 2. The van der Waals surface area contributed by atoms with Crippen LogP contribution >= 0.6 is 11.3 Å². The van der Waals surface area contributed by atoms with Crippen LogP contribution in [0.3, 0.4) is 0 Å². The van der Waals surface area contributed by atoms with E-state index in [-0.39, 0.29) is 6.71 Å². The maximum atomic E-state index is 2.58. The largest absolute Gasteiger partial charge is 0.310 e. The average Bonchev–Trinajstić information content (AvgIpc) is 3.70. The topological polar surface area (TPSA) is 8.17 Å². The van der Waals surface area contributed by atoms with E-state index >= 15 is 0 Å². The predicted octanol–water partition coefficient (Wildman–Crippen LogP) is 10.1. The number of hydrogen-bond donors (Lipinski definition) is 0. The Kier molecular flexibility index (Phi) is 4.71. The van der Waals surface area contributed by atoms with E-state index in [1.54, 1.807) is 0 Å². The molecule has 12 rings (SSSR count). The first-order chi connectivity index (χ1) is 23.9. The highest BCUT2D eigenvalue weighted by molar-refractivity contribution is 7.33. The quantitative estimate of drug-likeness (QED) is 0.130. The maximum absolute atomic E-state index is 2.58. The second-order valence-electron chi connectivity index (χ2n) is 13.2. The van der Waals surface area contributed by atoms with E-state index in [0.29, 0.717) is 0 Å². The Morgan fingerprint density at radius 3 is 1.90 bits per heavy atom. The molecule has 0 N–H and O–H groups in total. The summed E-state index contributed by atoms with van der Waals surface area (Å²) < 4.78 is 5.34. The Labute approximate surface area is 280 Å². The fourth-order valence-corrected chi connectivity index (χ4v) is 10.5. The van der Waals surface area contributed by atoms with Gasteiger partial charge in [0.1, 0.15) is 0 Å². The minimum absolute atomic E-state index is 0.146. The van der Waals surface area contributed by atoms with Crippen molar-refractivity contribution in [1.82, 2.24) is 4.57 Å². The third-order valence-electron chi connectivity index (χ3n) is 10.9.